The van der Waals surface area contributed by atoms with Crippen LogP contribution in [-0.2, 0) is 4.74 Å². The predicted molar refractivity (Wildman–Crippen MR) is 123 cm³/mol. The molecule has 3 aromatic rings. The molecule has 0 bridgehead atoms. The number of nitrogens with zero attached hydrogens (tertiary/aromatic N) is 6. The van der Waals surface area contributed by atoms with E-state index in [1.54, 1.807) is 17.8 Å². The molecule has 0 spiro atoms. The minimum Gasteiger partial charge on any atom is -0.387 e. The Morgan fingerprint density at radius 3 is 2.56 bits per heavy atom. The summed E-state index contributed by atoms with van der Waals surface area (Å²) in [7, 11) is 0. The summed E-state index contributed by atoms with van der Waals surface area (Å²) in [6.45, 7) is 5.93. The molecule has 3 aromatic heterocycles. The van der Waals surface area contributed by atoms with Crippen LogP contribution in [-0.4, -0.2) is 64.2 Å². The second kappa shape index (κ2) is 9.43. The lowest BCUT2D eigenvalue weighted by Gasteiger charge is -2.19. The van der Waals surface area contributed by atoms with Gasteiger partial charge in [-0.15, -0.1) is 0 Å². The Labute approximate surface area is 197 Å². The predicted octanol–water partition coefficient (Wildman–Crippen LogP) is 2.46. The number of anilines is 2. The van der Waals surface area contributed by atoms with Gasteiger partial charge in [0.2, 0.25) is 5.95 Å². The molecule has 2 aliphatic rings. The molecule has 34 heavy (non-hydrogen) atoms. The van der Waals surface area contributed by atoms with E-state index in [0.717, 1.165) is 25.7 Å². The smallest absolute Gasteiger partial charge is 0.258 e. The Morgan fingerprint density at radius 1 is 1.12 bits per heavy atom. The van der Waals surface area contributed by atoms with Crippen molar-refractivity contribution in [3.05, 3.63) is 18.0 Å². The number of nitrogens with one attached hydrogen (secondary N) is 2. The molecule has 0 radical (unpaired) electrons. The number of fused-ring (bicyclic) bond motifs is 1. The van der Waals surface area contributed by atoms with Crippen molar-refractivity contribution >= 4 is 22.9 Å². The maximum Gasteiger partial charge on any atom is 0.258 e. The molecular weight excluding hydrogens is 440 g/mol. The van der Waals surface area contributed by atoms with Crippen LogP contribution in [0.1, 0.15) is 76.4 Å². The van der Waals surface area contributed by atoms with Crippen LogP contribution in [0.4, 0.5) is 11.8 Å². The monoisotopic (exact) mass is 472 g/mol. The molecule has 4 atom stereocenters. The number of rotatable bonds is 8. The van der Waals surface area contributed by atoms with Crippen LogP contribution in [0, 0.1) is 6.92 Å². The quantitative estimate of drug-likeness (QED) is 0.382. The van der Waals surface area contributed by atoms with Gasteiger partial charge in [0.15, 0.2) is 35.1 Å². The lowest BCUT2D eigenvalue weighted by atomic mass is 10.1. The third-order valence-electron chi connectivity index (χ3n) is 6.74. The first-order valence-electron chi connectivity index (χ1n) is 12.1. The summed E-state index contributed by atoms with van der Waals surface area (Å²) in [6.07, 6.45) is 3.58. The molecule has 0 unspecified atom stereocenters. The molecule has 2 fully saturated rings. The minimum absolute atomic E-state index is 0.116. The normalized spacial score (nSPS) is 25.6. The van der Waals surface area contributed by atoms with Crippen LogP contribution in [0.3, 0.4) is 0 Å². The van der Waals surface area contributed by atoms with Crippen molar-refractivity contribution in [1.29, 1.82) is 0 Å². The first kappa shape index (κ1) is 22.9. The lowest BCUT2D eigenvalue weighted by Crippen LogP contribution is -2.29. The summed E-state index contributed by atoms with van der Waals surface area (Å²) in [5.74, 6) is 1.68. The third-order valence-corrected chi connectivity index (χ3v) is 6.74. The van der Waals surface area contributed by atoms with Crippen LogP contribution in [0.2, 0.25) is 0 Å². The van der Waals surface area contributed by atoms with E-state index < -0.39 is 24.5 Å². The van der Waals surface area contributed by atoms with Crippen molar-refractivity contribution in [3.8, 4) is 0 Å². The zero-order chi connectivity index (χ0) is 23.8. The van der Waals surface area contributed by atoms with E-state index in [0.29, 0.717) is 34.8 Å². The molecule has 0 aromatic carbocycles. The molecule has 184 valence electrons. The second-order valence-electron chi connectivity index (χ2n) is 9.11. The third kappa shape index (κ3) is 4.21. The molecule has 4 N–H and O–H groups in total. The average molecular weight is 473 g/mol. The minimum atomic E-state index is -1.25. The van der Waals surface area contributed by atoms with E-state index in [9.17, 15) is 10.2 Å². The molecule has 1 aliphatic carbocycles. The number of aromatic nitrogens is 6. The highest BCUT2D eigenvalue weighted by atomic mass is 16.6. The van der Waals surface area contributed by atoms with E-state index in [4.69, 9.17) is 19.2 Å². The van der Waals surface area contributed by atoms with Gasteiger partial charge in [-0.25, -0.2) is 4.98 Å². The molecule has 12 heteroatoms. The van der Waals surface area contributed by atoms with Gasteiger partial charge in [-0.3, -0.25) is 4.57 Å². The number of hydrogen-bond donors (Lipinski definition) is 4. The van der Waals surface area contributed by atoms with Crippen LogP contribution < -0.4 is 10.6 Å². The van der Waals surface area contributed by atoms with Crippen LogP contribution in [0.15, 0.2) is 10.9 Å². The van der Waals surface area contributed by atoms with E-state index in [2.05, 4.69) is 39.6 Å². The number of aliphatic hydroxyl groups excluding tert-OH is 2. The zero-order valence-electron chi connectivity index (χ0n) is 19.7. The first-order chi connectivity index (χ1) is 16.5. The van der Waals surface area contributed by atoms with Crippen LogP contribution in [0.5, 0.6) is 0 Å². The van der Waals surface area contributed by atoms with Gasteiger partial charge in [0.1, 0.15) is 12.2 Å². The van der Waals surface area contributed by atoms with E-state index in [1.165, 1.54) is 12.8 Å². The summed E-state index contributed by atoms with van der Waals surface area (Å²) in [6, 6.07) is 0.568. The van der Waals surface area contributed by atoms with Gasteiger partial charge in [-0.05, 0) is 32.6 Å². The van der Waals surface area contributed by atoms with Gasteiger partial charge in [0.05, 0.1) is 6.33 Å². The van der Waals surface area contributed by atoms with Crippen molar-refractivity contribution in [2.45, 2.75) is 95.9 Å². The maximum atomic E-state index is 10.8. The summed E-state index contributed by atoms with van der Waals surface area (Å²) in [5.41, 5.74) is 1.08. The number of ether oxygens (including phenoxy) is 1. The summed E-state index contributed by atoms with van der Waals surface area (Å²) in [5, 5.41) is 32.2. The van der Waals surface area contributed by atoms with Crippen molar-refractivity contribution < 1.29 is 19.5 Å². The van der Waals surface area contributed by atoms with Crippen molar-refractivity contribution in [3.63, 3.8) is 0 Å². The fourth-order valence-corrected chi connectivity index (χ4v) is 4.73. The fourth-order valence-electron chi connectivity index (χ4n) is 4.73. The number of aryl methyl sites for hydroxylation is 1. The molecule has 1 aliphatic heterocycles. The molecule has 5 rings (SSSR count). The topological polar surface area (TPSA) is 156 Å². The van der Waals surface area contributed by atoms with Crippen LogP contribution >= 0.6 is 0 Å². The van der Waals surface area contributed by atoms with Gasteiger partial charge in [-0.2, -0.15) is 15.0 Å². The Kier molecular flexibility index (Phi) is 6.36. The van der Waals surface area contributed by atoms with Crippen molar-refractivity contribution in [2.24, 2.45) is 0 Å². The highest BCUT2D eigenvalue weighted by Gasteiger charge is 2.47. The van der Waals surface area contributed by atoms with Gasteiger partial charge >= 0.3 is 0 Å². The van der Waals surface area contributed by atoms with Crippen LogP contribution in [0.25, 0.3) is 11.2 Å². The fraction of sp³-hybridized carbons (Fsp3) is 0.682. The Balaban J connectivity index is 1.52. The molecule has 1 saturated heterocycles. The second-order valence-corrected chi connectivity index (χ2v) is 9.11. The van der Waals surface area contributed by atoms with Gasteiger partial charge in [0.25, 0.3) is 5.89 Å². The highest BCUT2D eigenvalue weighted by Crippen LogP contribution is 2.39. The lowest BCUT2D eigenvalue weighted by molar-refractivity contribution is -0.0451. The van der Waals surface area contributed by atoms with Crippen molar-refractivity contribution in [1.82, 2.24) is 29.7 Å². The standard InChI is InChI=1S/C22H32N8O4/c1-4-12(5-2)25-18-14-19(28-22(27-18)26-13-8-6-7-9-13)30(10-23-14)21-16(32)15(31)17(33-21)20-24-11(3)29-34-20/h10,12-13,15-17,21,31-32H,4-9H2,1-3H3,(H2,25,26,27,28)/t15-,16+,17-,21+/m0/s1. The first-order valence-corrected chi connectivity index (χ1v) is 12.1. The average Bonchev–Trinajstić information content (AvgIpc) is 3.62. The maximum absolute atomic E-state index is 10.8. The highest BCUT2D eigenvalue weighted by molar-refractivity contribution is 5.84. The van der Waals surface area contributed by atoms with Gasteiger partial charge in [0, 0.05) is 12.1 Å². The zero-order valence-corrected chi connectivity index (χ0v) is 19.7. The Bertz CT molecular complexity index is 1120. The Morgan fingerprint density at radius 2 is 1.88 bits per heavy atom. The van der Waals surface area contributed by atoms with E-state index in [1.807, 2.05) is 0 Å². The largest absolute Gasteiger partial charge is 0.387 e. The molecule has 0 amide bonds. The number of hydrogen-bond acceptors (Lipinski definition) is 11. The van der Waals surface area contributed by atoms with E-state index >= 15 is 0 Å². The number of imidazole rings is 1. The SMILES string of the molecule is CCC(CC)Nc1nc(NC2CCCC2)nc2c1ncn2[C@@H]1O[C@H](c2nc(C)no2)[C@@H](O)[C@H]1O. The summed E-state index contributed by atoms with van der Waals surface area (Å²) in [4.78, 5) is 18.2. The summed E-state index contributed by atoms with van der Waals surface area (Å²) >= 11 is 0. The molecule has 1 saturated carbocycles. The summed E-state index contributed by atoms with van der Waals surface area (Å²) < 4.78 is 12.8. The molecule has 4 heterocycles. The molecule has 12 nitrogen and oxygen atoms in total. The van der Waals surface area contributed by atoms with Crippen molar-refractivity contribution in [2.75, 3.05) is 10.6 Å². The number of aliphatic hydroxyl groups is 2. The van der Waals surface area contributed by atoms with Gasteiger partial charge in [-0.1, -0.05) is 31.8 Å². The van der Waals surface area contributed by atoms with Gasteiger partial charge < -0.3 is 30.1 Å². The van der Waals surface area contributed by atoms with E-state index in [-0.39, 0.29) is 11.9 Å². The molecular formula is C22H32N8O4. The Hall–Kier alpha value is -2.83.